The Morgan fingerprint density at radius 2 is 2.25 bits per heavy atom. The largest absolute Gasteiger partial charge is 0.392 e. The summed E-state index contributed by atoms with van der Waals surface area (Å²) in [6.45, 7) is 3.32. The molecule has 1 amide bonds. The van der Waals surface area contributed by atoms with Crippen molar-refractivity contribution in [1.82, 2.24) is 10.2 Å². The van der Waals surface area contributed by atoms with Crippen LogP contribution < -0.4 is 11.1 Å². The predicted octanol–water partition coefficient (Wildman–Crippen LogP) is -0.254. The zero-order valence-corrected chi connectivity index (χ0v) is 11.0. The minimum absolute atomic E-state index is 0.0248. The van der Waals surface area contributed by atoms with Crippen LogP contribution >= 0.6 is 12.2 Å². The first kappa shape index (κ1) is 15.3. The summed E-state index contributed by atoms with van der Waals surface area (Å²) in [6, 6.07) is -0.0248. The zero-order valence-electron chi connectivity index (χ0n) is 10.2. The third-order valence-corrected chi connectivity index (χ3v) is 2.54. The molecule has 0 heterocycles. The van der Waals surface area contributed by atoms with Crippen LogP contribution in [0.1, 0.15) is 13.3 Å². The molecule has 1 atom stereocenters. The summed E-state index contributed by atoms with van der Waals surface area (Å²) < 4.78 is 4.83. The van der Waals surface area contributed by atoms with Gasteiger partial charge in [-0.1, -0.05) is 19.1 Å². The first-order valence-corrected chi connectivity index (χ1v) is 5.68. The highest BCUT2D eigenvalue weighted by Gasteiger charge is 2.17. The lowest BCUT2D eigenvalue weighted by Crippen LogP contribution is -2.46. The molecule has 1 unspecified atom stereocenters. The van der Waals surface area contributed by atoms with Crippen LogP contribution in [0.15, 0.2) is 0 Å². The van der Waals surface area contributed by atoms with Crippen molar-refractivity contribution in [1.29, 1.82) is 0 Å². The average Bonchev–Trinajstić information content (AvgIpc) is 2.18. The number of nitrogens with one attached hydrogen (secondary N) is 1. The highest BCUT2D eigenvalue weighted by Crippen LogP contribution is 2.01. The number of thiocarbonyl (C=S) groups is 1. The van der Waals surface area contributed by atoms with Gasteiger partial charge in [0.2, 0.25) is 5.91 Å². The number of nitrogens with zero attached hydrogens (tertiary/aromatic N) is 1. The van der Waals surface area contributed by atoms with Gasteiger partial charge in [0.05, 0.1) is 24.2 Å². The van der Waals surface area contributed by atoms with Crippen LogP contribution in [0.5, 0.6) is 0 Å². The van der Waals surface area contributed by atoms with E-state index in [1.54, 1.807) is 7.11 Å². The second-order valence-corrected chi connectivity index (χ2v) is 4.06. The zero-order chi connectivity index (χ0) is 12.6. The van der Waals surface area contributed by atoms with E-state index in [0.717, 1.165) is 6.42 Å². The molecule has 5 nitrogen and oxygen atoms in total. The first-order valence-electron chi connectivity index (χ1n) is 5.28. The minimum atomic E-state index is -0.0470. The van der Waals surface area contributed by atoms with Gasteiger partial charge in [0.25, 0.3) is 0 Å². The molecule has 0 fully saturated rings. The molecule has 0 radical (unpaired) electrons. The molecule has 0 bridgehead atoms. The standard InChI is InChI=1S/C10H21N3O2S/c1-4-8(10(11)16)13(2)7-9(14)12-5-6-15-3/h8H,4-7H2,1-3H3,(H2,11,16)(H,12,14). The van der Waals surface area contributed by atoms with Gasteiger partial charge in [0, 0.05) is 13.7 Å². The van der Waals surface area contributed by atoms with Gasteiger partial charge in [0.1, 0.15) is 0 Å². The molecule has 3 N–H and O–H groups in total. The van der Waals surface area contributed by atoms with E-state index in [1.807, 2.05) is 18.9 Å². The van der Waals surface area contributed by atoms with Gasteiger partial charge in [0.15, 0.2) is 0 Å². The molecule has 94 valence electrons. The maximum atomic E-state index is 11.5. The fourth-order valence-electron chi connectivity index (χ4n) is 1.42. The normalized spacial score (nSPS) is 12.5. The predicted molar refractivity (Wildman–Crippen MR) is 68.4 cm³/mol. The Hall–Kier alpha value is -0.720. The van der Waals surface area contributed by atoms with Crippen molar-refractivity contribution < 1.29 is 9.53 Å². The van der Waals surface area contributed by atoms with Crippen LogP contribution in [0.3, 0.4) is 0 Å². The third-order valence-electron chi connectivity index (χ3n) is 2.27. The van der Waals surface area contributed by atoms with Crippen LogP contribution in [-0.4, -0.2) is 55.7 Å². The van der Waals surface area contributed by atoms with Crippen molar-refractivity contribution in [3.63, 3.8) is 0 Å². The summed E-state index contributed by atoms with van der Waals surface area (Å²) in [7, 11) is 3.43. The second kappa shape index (κ2) is 8.43. The van der Waals surface area contributed by atoms with E-state index < -0.39 is 0 Å². The number of hydrogen-bond acceptors (Lipinski definition) is 4. The summed E-state index contributed by atoms with van der Waals surface area (Å²) in [5, 5.41) is 2.74. The van der Waals surface area contributed by atoms with Crippen molar-refractivity contribution in [2.45, 2.75) is 19.4 Å². The summed E-state index contributed by atoms with van der Waals surface area (Å²) >= 11 is 4.94. The Morgan fingerprint density at radius 3 is 2.69 bits per heavy atom. The maximum Gasteiger partial charge on any atom is 0.234 e. The number of rotatable bonds is 8. The molecule has 0 aliphatic carbocycles. The van der Waals surface area contributed by atoms with E-state index in [4.69, 9.17) is 22.7 Å². The first-order chi connectivity index (χ1) is 7.52. The van der Waals surface area contributed by atoms with Crippen LogP contribution in [0.25, 0.3) is 0 Å². The van der Waals surface area contributed by atoms with Crippen LogP contribution in [0.2, 0.25) is 0 Å². The van der Waals surface area contributed by atoms with E-state index in [0.29, 0.717) is 24.7 Å². The second-order valence-electron chi connectivity index (χ2n) is 3.58. The Morgan fingerprint density at radius 1 is 1.62 bits per heavy atom. The van der Waals surface area contributed by atoms with E-state index in [9.17, 15) is 4.79 Å². The number of ether oxygens (including phenoxy) is 1. The number of amides is 1. The summed E-state index contributed by atoms with van der Waals surface area (Å²) in [5.41, 5.74) is 5.58. The average molecular weight is 247 g/mol. The van der Waals surface area contributed by atoms with E-state index in [1.165, 1.54) is 0 Å². The third kappa shape index (κ3) is 5.99. The number of likely N-dealkylation sites (N-methyl/N-ethyl adjacent to an activating group) is 1. The highest BCUT2D eigenvalue weighted by atomic mass is 32.1. The fourth-order valence-corrected chi connectivity index (χ4v) is 1.76. The van der Waals surface area contributed by atoms with E-state index in [2.05, 4.69) is 5.32 Å². The quantitative estimate of drug-likeness (QED) is 0.457. The van der Waals surface area contributed by atoms with Crippen LogP contribution in [0.4, 0.5) is 0 Å². The van der Waals surface area contributed by atoms with Gasteiger partial charge < -0.3 is 15.8 Å². The molecule has 0 aromatic rings. The molecule has 0 aromatic heterocycles. The highest BCUT2D eigenvalue weighted by molar-refractivity contribution is 7.80. The molecular weight excluding hydrogens is 226 g/mol. The Kier molecular flexibility index (Phi) is 8.05. The summed E-state index contributed by atoms with van der Waals surface area (Å²) in [4.78, 5) is 13.8. The van der Waals surface area contributed by atoms with Gasteiger partial charge in [-0.15, -0.1) is 0 Å². The van der Waals surface area contributed by atoms with Crippen molar-refractivity contribution in [3.05, 3.63) is 0 Å². The fraction of sp³-hybridized carbons (Fsp3) is 0.800. The molecular formula is C10H21N3O2S. The van der Waals surface area contributed by atoms with E-state index >= 15 is 0 Å². The molecule has 0 aliphatic heterocycles. The monoisotopic (exact) mass is 247 g/mol. The van der Waals surface area contributed by atoms with Crippen LogP contribution in [-0.2, 0) is 9.53 Å². The molecule has 0 aliphatic rings. The summed E-state index contributed by atoms with van der Waals surface area (Å²) in [5.74, 6) is -0.0470. The molecule has 0 saturated carbocycles. The summed E-state index contributed by atoms with van der Waals surface area (Å²) in [6.07, 6.45) is 0.803. The van der Waals surface area contributed by atoms with Crippen molar-refractivity contribution >= 4 is 23.1 Å². The number of carbonyl (C=O) groups excluding carboxylic acids is 1. The van der Waals surface area contributed by atoms with Gasteiger partial charge in [-0.2, -0.15) is 0 Å². The number of nitrogens with two attached hydrogens (primary N) is 1. The Bertz CT molecular complexity index is 236. The van der Waals surface area contributed by atoms with Gasteiger partial charge >= 0.3 is 0 Å². The number of hydrogen-bond donors (Lipinski definition) is 2. The lowest BCUT2D eigenvalue weighted by molar-refractivity contribution is -0.122. The lowest BCUT2D eigenvalue weighted by atomic mass is 10.2. The maximum absolute atomic E-state index is 11.5. The molecule has 0 rings (SSSR count). The topological polar surface area (TPSA) is 67.6 Å². The minimum Gasteiger partial charge on any atom is -0.392 e. The van der Waals surface area contributed by atoms with Crippen molar-refractivity contribution in [3.8, 4) is 0 Å². The number of methoxy groups -OCH3 is 1. The molecule has 6 heteroatoms. The molecule has 16 heavy (non-hydrogen) atoms. The van der Waals surface area contributed by atoms with Gasteiger partial charge in [-0.25, -0.2) is 0 Å². The van der Waals surface area contributed by atoms with Crippen LogP contribution in [0, 0.1) is 0 Å². The Labute approximate surface area is 102 Å². The van der Waals surface area contributed by atoms with Gasteiger partial charge in [-0.3, -0.25) is 9.69 Å². The molecule has 0 spiro atoms. The van der Waals surface area contributed by atoms with E-state index in [-0.39, 0.29) is 11.9 Å². The number of carbonyl (C=O) groups is 1. The smallest absolute Gasteiger partial charge is 0.234 e. The van der Waals surface area contributed by atoms with Gasteiger partial charge in [-0.05, 0) is 13.5 Å². The molecule has 0 saturated heterocycles. The van der Waals surface area contributed by atoms with Crippen molar-refractivity contribution in [2.24, 2.45) is 5.73 Å². The van der Waals surface area contributed by atoms with Crippen molar-refractivity contribution in [2.75, 3.05) is 33.9 Å². The SMILES string of the molecule is CCC(C(N)=S)N(C)CC(=O)NCCOC. The lowest BCUT2D eigenvalue weighted by Gasteiger charge is -2.25. The Balaban J connectivity index is 3.97. The molecule has 0 aromatic carbocycles.